The van der Waals surface area contributed by atoms with Crippen LogP contribution in [0.15, 0.2) is 12.8 Å². The molecule has 0 radical (unpaired) electrons. The third kappa shape index (κ3) is 1.75. The van der Waals surface area contributed by atoms with Crippen molar-refractivity contribution >= 4 is 16.0 Å². The molecule has 0 unspecified atom stereocenters. The van der Waals surface area contributed by atoms with Crippen molar-refractivity contribution in [1.29, 1.82) is 0 Å². The fourth-order valence-corrected chi connectivity index (χ4v) is 2.98. The van der Waals surface area contributed by atoms with Gasteiger partial charge in [0.25, 0.3) is 0 Å². The molecular formula is C8H13NO4S. The maximum Gasteiger partial charge on any atom is 0.306 e. The largest absolute Gasteiger partial charge is 0.481 e. The summed E-state index contributed by atoms with van der Waals surface area (Å²) in [5, 5.41) is 8.02. The molecule has 5 nitrogen and oxygen atoms in total. The number of hydrogen-bond donors (Lipinski definition) is 1. The smallest absolute Gasteiger partial charge is 0.306 e. The lowest BCUT2D eigenvalue weighted by molar-refractivity contribution is -0.144. The minimum absolute atomic E-state index is 0.204. The molecule has 0 saturated heterocycles. The van der Waals surface area contributed by atoms with Crippen LogP contribution in [-0.4, -0.2) is 36.1 Å². The van der Waals surface area contributed by atoms with Gasteiger partial charge in [-0.05, 0) is 12.8 Å². The van der Waals surface area contributed by atoms with Crippen molar-refractivity contribution in [3.8, 4) is 0 Å². The number of hydrogen-bond acceptors (Lipinski definition) is 3. The van der Waals surface area contributed by atoms with Gasteiger partial charge in [0.05, 0.1) is 11.2 Å². The van der Waals surface area contributed by atoms with Gasteiger partial charge >= 0.3 is 5.97 Å². The van der Waals surface area contributed by atoms with Gasteiger partial charge < -0.3 is 5.11 Å². The van der Waals surface area contributed by atoms with Gasteiger partial charge in [-0.15, -0.1) is 0 Å². The van der Waals surface area contributed by atoms with Gasteiger partial charge in [-0.25, -0.2) is 8.42 Å². The Bertz CT molecular complexity index is 342. The lowest BCUT2D eigenvalue weighted by Crippen LogP contribution is -2.44. The van der Waals surface area contributed by atoms with Gasteiger partial charge in [0, 0.05) is 13.2 Å². The molecule has 14 heavy (non-hydrogen) atoms. The molecule has 80 valence electrons. The molecule has 0 aromatic rings. The summed E-state index contributed by atoms with van der Waals surface area (Å²) in [7, 11) is -1.97. The van der Waals surface area contributed by atoms with Gasteiger partial charge in [0.1, 0.15) is 0 Å². The van der Waals surface area contributed by atoms with Crippen molar-refractivity contribution in [1.82, 2.24) is 4.31 Å². The molecule has 0 aromatic heterocycles. The summed E-state index contributed by atoms with van der Waals surface area (Å²) >= 11 is 0. The summed E-state index contributed by atoms with van der Waals surface area (Å²) < 4.78 is 24.2. The van der Waals surface area contributed by atoms with Crippen molar-refractivity contribution in [2.75, 3.05) is 7.05 Å². The van der Waals surface area contributed by atoms with Crippen LogP contribution < -0.4 is 0 Å². The van der Waals surface area contributed by atoms with E-state index in [1.54, 1.807) is 0 Å². The first-order chi connectivity index (χ1) is 6.39. The summed E-state index contributed by atoms with van der Waals surface area (Å²) in [5.74, 6) is -1.43. The number of carboxylic acid groups (broad SMARTS) is 1. The third-order valence-electron chi connectivity index (χ3n) is 2.52. The van der Waals surface area contributed by atoms with E-state index in [0.717, 1.165) is 4.31 Å². The molecule has 0 amide bonds. The van der Waals surface area contributed by atoms with Gasteiger partial charge in [0.15, 0.2) is 0 Å². The van der Waals surface area contributed by atoms with Crippen LogP contribution in [-0.2, 0) is 14.8 Å². The van der Waals surface area contributed by atoms with Gasteiger partial charge in [-0.3, -0.25) is 9.10 Å². The van der Waals surface area contributed by atoms with Crippen LogP contribution >= 0.6 is 0 Å². The van der Waals surface area contributed by atoms with Crippen LogP contribution in [0.3, 0.4) is 0 Å². The van der Waals surface area contributed by atoms with E-state index >= 15 is 0 Å². The van der Waals surface area contributed by atoms with E-state index in [0.29, 0.717) is 0 Å². The van der Waals surface area contributed by atoms with Crippen molar-refractivity contribution in [2.24, 2.45) is 5.92 Å². The Morgan fingerprint density at radius 3 is 2.43 bits per heavy atom. The topological polar surface area (TPSA) is 74.7 Å². The van der Waals surface area contributed by atoms with E-state index in [1.807, 2.05) is 0 Å². The first-order valence-electron chi connectivity index (χ1n) is 4.21. The average Bonchev–Trinajstić information content (AvgIpc) is 1.98. The molecule has 1 aliphatic carbocycles. The van der Waals surface area contributed by atoms with Gasteiger partial charge in [-0.1, -0.05) is 6.58 Å². The molecule has 0 spiro atoms. The standard InChI is InChI=1S/C8H13NO4S/c1-3-9(2)14(12,13)7-4-6(5-7)8(10)11/h3,6-7H,1,4-5H2,2H3,(H,10,11). The highest BCUT2D eigenvalue weighted by molar-refractivity contribution is 7.89. The molecule has 1 fully saturated rings. The predicted molar refractivity (Wildman–Crippen MR) is 51.0 cm³/mol. The van der Waals surface area contributed by atoms with Crippen LogP contribution in [0.1, 0.15) is 12.8 Å². The number of aliphatic carboxylic acids is 1. The average molecular weight is 219 g/mol. The highest BCUT2D eigenvalue weighted by atomic mass is 32.2. The quantitative estimate of drug-likeness (QED) is 0.735. The van der Waals surface area contributed by atoms with Crippen molar-refractivity contribution < 1.29 is 18.3 Å². The summed E-state index contributed by atoms with van der Waals surface area (Å²) in [6.45, 7) is 3.35. The summed E-state index contributed by atoms with van der Waals surface area (Å²) in [6.07, 6.45) is 1.62. The van der Waals surface area contributed by atoms with Crippen LogP contribution in [0, 0.1) is 5.92 Å². The van der Waals surface area contributed by atoms with Gasteiger partial charge in [0.2, 0.25) is 10.0 Å². The molecule has 1 aliphatic rings. The van der Waals surface area contributed by atoms with Crippen LogP contribution in [0.5, 0.6) is 0 Å². The fourth-order valence-electron chi connectivity index (χ4n) is 1.35. The van der Waals surface area contributed by atoms with E-state index < -0.39 is 27.2 Å². The number of nitrogens with zero attached hydrogens (tertiary/aromatic N) is 1. The molecule has 1 saturated carbocycles. The molecule has 1 rings (SSSR count). The minimum Gasteiger partial charge on any atom is -0.481 e. The second-order valence-electron chi connectivity index (χ2n) is 3.37. The Morgan fingerprint density at radius 1 is 1.57 bits per heavy atom. The molecular weight excluding hydrogens is 206 g/mol. The number of sulfonamides is 1. The first-order valence-corrected chi connectivity index (χ1v) is 5.72. The normalized spacial score (nSPS) is 26.4. The van der Waals surface area contributed by atoms with Crippen LogP contribution in [0.25, 0.3) is 0 Å². The molecule has 6 heteroatoms. The predicted octanol–water partition coefficient (Wildman–Crippen LogP) is 0.255. The highest BCUT2D eigenvalue weighted by Gasteiger charge is 2.43. The van der Waals surface area contributed by atoms with Gasteiger partial charge in [-0.2, -0.15) is 0 Å². The Kier molecular flexibility index (Phi) is 2.84. The molecule has 0 aliphatic heterocycles. The van der Waals surface area contributed by atoms with Crippen molar-refractivity contribution in [2.45, 2.75) is 18.1 Å². The summed E-state index contributed by atoms with van der Waals surface area (Å²) in [6, 6.07) is 0. The van der Waals surface area contributed by atoms with Crippen molar-refractivity contribution in [3.05, 3.63) is 12.8 Å². The third-order valence-corrected chi connectivity index (χ3v) is 4.70. The zero-order chi connectivity index (χ0) is 10.9. The van der Waals surface area contributed by atoms with Crippen molar-refractivity contribution in [3.63, 3.8) is 0 Å². The zero-order valence-electron chi connectivity index (χ0n) is 7.88. The van der Waals surface area contributed by atoms with E-state index in [-0.39, 0.29) is 12.8 Å². The van der Waals surface area contributed by atoms with E-state index in [9.17, 15) is 13.2 Å². The van der Waals surface area contributed by atoms with Crippen LogP contribution in [0.4, 0.5) is 0 Å². The summed E-state index contributed by atoms with van der Waals surface area (Å²) in [5.41, 5.74) is 0. The lowest BCUT2D eigenvalue weighted by Gasteiger charge is -2.33. The number of carboxylic acids is 1. The van der Waals surface area contributed by atoms with E-state index in [1.165, 1.54) is 13.2 Å². The lowest BCUT2D eigenvalue weighted by atomic mass is 9.85. The van der Waals surface area contributed by atoms with E-state index in [4.69, 9.17) is 5.11 Å². The maximum absolute atomic E-state index is 11.6. The molecule has 1 N–H and O–H groups in total. The molecule has 0 atom stereocenters. The minimum atomic E-state index is -3.37. The Hall–Kier alpha value is -1.04. The highest BCUT2D eigenvalue weighted by Crippen LogP contribution is 2.34. The monoisotopic (exact) mass is 219 g/mol. The van der Waals surface area contributed by atoms with E-state index in [2.05, 4.69) is 6.58 Å². The first kappa shape index (κ1) is 11.0. The summed E-state index contributed by atoms with van der Waals surface area (Å²) in [4.78, 5) is 10.5. The second-order valence-corrected chi connectivity index (χ2v) is 5.64. The maximum atomic E-state index is 11.6. The molecule has 0 aromatic carbocycles. The fraction of sp³-hybridized carbons (Fsp3) is 0.625. The molecule has 0 bridgehead atoms. The SMILES string of the molecule is C=CN(C)S(=O)(=O)C1CC(C(=O)O)C1. The Labute approximate surface area is 83.1 Å². The Morgan fingerprint density at radius 2 is 2.07 bits per heavy atom. The second kappa shape index (κ2) is 3.61. The number of rotatable bonds is 4. The Balaban J connectivity index is 2.63. The molecule has 0 heterocycles. The number of carbonyl (C=O) groups is 1. The zero-order valence-corrected chi connectivity index (χ0v) is 8.70. The van der Waals surface area contributed by atoms with Crippen LogP contribution in [0.2, 0.25) is 0 Å².